The van der Waals surface area contributed by atoms with Crippen LogP contribution in [0.4, 0.5) is 0 Å². The fraction of sp³-hybridized carbons (Fsp3) is 0.286. The highest BCUT2D eigenvalue weighted by molar-refractivity contribution is 9.10. The zero-order valence-corrected chi connectivity index (χ0v) is 12.4. The van der Waals surface area contributed by atoms with Crippen LogP contribution in [0.5, 0.6) is 0 Å². The quantitative estimate of drug-likeness (QED) is 0.905. The summed E-state index contributed by atoms with van der Waals surface area (Å²) in [6.45, 7) is 4.09. The molecule has 19 heavy (non-hydrogen) atoms. The van der Waals surface area contributed by atoms with Crippen molar-refractivity contribution in [3.63, 3.8) is 0 Å². The Balaban J connectivity index is 2.33. The highest BCUT2D eigenvalue weighted by Gasteiger charge is 2.14. The number of hydrogen-bond acceptors (Lipinski definition) is 2. The van der Waals surface area contributed by atoms with Gasteiger partial charge in [-0.2, -0.15) is 5.10 Å². The predicted molar refractivity (Wildman–Crippen MR) is 77.2 cm³/mol. The third-order valence-electron chi connectivity index (χ3n) is 3.00. The lowest BCUT2D eigenvalue weighted by Crippen LogP contribution is -1.98. The number of aryl methyl sites for hydroxylation is 3. The Bertz CT molecular complexity index is 620. The molecular weight excluding hydrogens is 308 g/mol. The van der Waals surface area contributed by atoms with Crippen LogP contribution in [-0.2, 0) is 11.2 Å². The highest BCUT2D eigenvalue weighted by Crippen LogP contribution is 2.31. The lowest BCUT2D eigenvalue weighted by atomic mass is 10.0. The zero-order chi connectivity index (χ0) is 14.0. The normalized spacial score (nSPS) is 10.7. The van der Waals surface area contributed by atoms with Crippen molar-refractivity contribution >= 4 is 21.9 Å². The number of benzene rings is 1. The van der Waals surface area contributed by atoms with E-state index in [1.807, 2.05) is 19.1 Å². The Labute approximate surface area is 120 Å². The van der Waals surface area contributed by atoms with Gasteiger partial charge < -0.3 is 5.11 Å². The maximum atomic E-state index is 10.6. The van der Waals surface area contributed by atoms with Crippen molar-refractivity contribution in [2.75, 3.05) is 0 Å². The van der Waals surface area contributed by atoms with Crippen molar-refractivity contribution in [2.24, 2.45) is 0 Å². The Morgan fingerprint density at radius 2 is 2.16 bits per heavy atom. The molecule has 0 aliphatic carbocycles. The maximum absolute atomic E-state index is 10.6. The summed E-state index contributed by atoms with van der Waals surface area (Å²) < 4.78 is 0.848. The average molecular weight is 323 g/mol. The van der Waals surface area contributed by atoms with E-state index in [4.69, 9.17) is 5.11 Å². The lowest BCUT2D eigenvalue weighted by Gasteiger charge is -2.04. The van der Waals surface area contributed by atoms with Crippen LogP contribution >= 0.6 is 15.9 Å². The Kier molecular flexibility index (Phi) is 4.04. The standard InChI is InChI=1S/C14H15BrN2O2/c1-8-3-4-10(9(2)7-8)14-13(15)11(16-17-14)5-6-12(18)19/h3-4,7H,5-6H2,1-2H3,(H,16,17)(H,18,19). The average Bonchev–Trinajstić information content (AvgIpc) is 2.68. The molecule has 0 radical (unpaired) electrons. The molecule has 1 heterocycles. The second kappa shape index (κ2) is 5.57. The SMILES string of the molecule is Cc1ccc(-c2n[nH]c(CCC(=O)O)c2Br)c(C)c1. The van der Waals surface area contributed by atoms with Crippen LogP contribution in [0.1, 0.15) is 23.2 Å². The van der Waals surface area contributed by atoms with E-state index in [-0.39, 0.29) is 6.42 Å². The van der Waals surface area contributed by atoms with Gasteiger partial charge in [0.2, 0.25) is 0 Å². The number of carbonyl (C=O) groups is 1. The predicted octanol–water partition coefficient (Wildman–Crippen LogP) is 3.47. The summed E-state index contributed by atoms with van der Waals surface area (Å²) in [4.78, 5) is 10.6. The highest BCUT2D eigenvalue weighted by atomic mass is 79.9. The smallest absolute Gasteiger partial charge is 0.303 e. The molecule has 4 nitrogen and oxygen atoms in total. The van der Waals surface area contributed by atoms with Gasteiger partial charge in [-0.25, -0.2) is 0 Å². The zero-order valence-electron chi connectivity index (χ0n) is 10.8. The number of carboxylic acid groups (broad SMARTS) is 1. The summed E-state index contributed by atoms with van der Waals surface area (Å²) in [7, 11) is 0. The molecule has 0 saturated carbocycles. The number of carboxylic acids is 1. The lowest BCUT2D eigenvalue weighted by molar-refractivity contribution is -0.136. The van der Waals surface area contributed by atoms with Crippen LogP contribution in [0.3, 0.4) is 0 Å². The van der Waals surface area contributed by atoms with Gasteiger partial charge in [-0.1, -0.05) is 23.8 Å². The molecule has 0 fully saturated rings. The van der Waals surface area contributed by atoms with E-state index in [9.17, 15) is 4.79 Å². The number of hydrogen-bond donors (Lipinski definition) is 2. The van der Waals surface area contributed by atoms with Gasteiger partial charge in [0.25, 0.3) is 0 Å². The molecule has 0 spiro atoms. The van der Waals surface area contributed by atoms with Crippen LogP contribution in [0.15, 0.2) is 22.7 Å². The van der Waals surface area contributed by atoms with Crippen LogP contribution < -0.4 is 0 Å². The summed E-state index contributed by atoms with van der Waals surface area (Å²) in [6, 6.07) is 6.18. The number of H-pyrrole nitrogens is 1. The van der Waals surface area contributed by atoms with Gasteiger partial charge in [-0.15, -0.1) is 0 Å². The first-order chi connectivity index (χ1) is 8.99. The molecule has 0 saturated heterocycles. The van der Waals surface area contributed by atoms with Gasteiger partial charge in [-0.05, 0) is 35.3 Å². The Hall–Kier alpha value is -1.62. The Morgan fingerprint density at radius 1 is 1.42 bits per heavy atom. The third kappa shape index (κ3) is 3.04. The van der Waals surface area contributed by atoms with Crippen molar-refractivity contribution in [3.05, 3.63) is 39.5 Å². The summed E-state index contributed by atoms with van der Waals surface area (Å²) in [6.07, 6.45) is 0.529. The van der Waals surface area contributed by atoms with E-state index < -0.39 is 5.97 Å². The number of rotatable bonds is 4. The van der Waals surface area contributed by atoms with Crippen molar-refractivity contribution in [3.8, 4) is 11.3 Å². The molecule has 0 bridgehead atoms. The van der Waals surface area contributed by atoms with E-state index >= 15 is 0 Å². The number of aromatic amines is 1. The first-order valence-electron chi connectivity index (χ1n) is 6.01. The molecule has 0 unspecified atom stereocenters. The molecule has 2 N–H and O–H groups in total. The Morgan fingerprint density at radius 3 is 2.79 bits per heavy atom. The molecule has 2 aromatic rings. The molecule has 5 heteroatoms. The van der Waals surface area contributed by atoms with Crippen LogP contribution in [0, 0.1) is 13.8 Å². The number of nitrogens with one attached hydrogen (secondary N) is 1. The minimum Gasteiger partial charge on any atom is -0.481 e. The monoisotopic (exact) mass is 322 g/mol. The third-order valence-corrected chi connectivity index (χ3v) is 3.86. The van der Waals surface area contributed by atoms with Crippen molar-refractivity contribution in [2.45, 2.75) is 26.7 Å². The fourth-order valence-corrected chi connectivity index (χ4v) is 2.61. The molecule has 0 aliphatic heterocycles. The molecule has 0 amide bonds. The summed E-state index contributed by atoms with van der Waals surface area (Å²) in [5.74, 6) is -0.811. The maximum Gasteiger partial charge on any atom is 0.303 e. The van der Waals surface area contributed by atoms with Gasteiger partial charge in [0.1, 0.15) is 5.69 Å². The van der Waals surface area contributed by atoms with Gasteiger partial charge >= 0.3 is 5.97 Å². The fourth-order valence-electron chi connectivity index (χ4n) is 2.02. The number of nitrogens with zero attached hydrogens (tertiary/aromatic N) is 1. The largest absolute Gasteiger partial charge is 0.481 e. The van der Waals surface area contributed by atoms with Gasteiger partial charge in [0.15, 0.2) is 0 Å². The van der Waals surface area contributed by atoms with Crippen molar-refractivity contribution < 1.29 is 9.90 Å². The second-order valence-corrected chi connectivity index (χ2v) is 5.37. The minimum absolute atomic E-state index is 0.0904. The van der Waals surface area contributed by atoms with Crippen LogP contribution in [0.25, 0.3) is 11.3 Å². The topological polar surface area (TPSA) is 66.0 Å². The van der Waals surface area contributed by atoms with Gasteiger partial charge in [-0.3, -0.25) is 9.89 Å². The molecule has 1 aromatic carbocycles. The van der Waals surface area contributed by atoms with E-state index in [2.05, 4.69) is 39.1 Å². The van der Waals surface area contributed by atoms with E-state index in [1.54, 1.807) is 0 Å². The number of aliphatic carboxylic acids is 1. The van der Waals surface area contributed by atoms with Crippen LogP contribution in [-0.4, -0.2) is 21.3 Å². The van der Waals surface area contributed by atoms with Gasteiger partial charge in [0.05, 0.1) is 16.6 Å². The van der Waals surface area contributed by atoms with Crippen molar-refractivity contribution in [1.82, 2.24) is 10.2 Å². The minimum atomic E-state index is -0.811. The molecule has 0 aliphatic rings. The van der Waals surface area contributed by atoms with E-state index in [0.717, 1.165) is 27.0 Å². The molecule has 2 rings (SSSR count). The molecule has 1 aromatic heterocycles. The second-order valence-electron chi connectivity index (χ2n) is 4.58. The first-order valence-corrected chi connectivity index (χ1v) is 6.80. The molecule has 100 valence electrons. The summed E-state index contributed by atoms with van der Waals surface area (Å²) in [5.41, 5.74) is 5.06. The molecular formula is C14H15BrN2O2. The van der Waals surface area contributed by atoms with Gasteiger partial charge in [0, 0.05) is 12.0 Å². The van der Waals surface area contributed by atoms with Crippen LogP contribution in [0.2, 0.25) is 0 Å². The van der Waals surface area contributed by atoms with E-state index in [0.29, 0.717) is 6.42 Å². The van der Waals surface area contributed by atoms with Crippen molar-refractivity contribution in [1.29, 1.82) is 0 Å². The number of aromatic nitrogens is 2. The summed E-state index contributed by atoms with van der Waals surface area (Å²) in [5, 5.41) is 15.9. The number of halogens is 1. The summed E-state index contributed by atoms with van der Waals surface area (Å²) >= 11 is 3.50. The first kappa shape index (κ1) is 13.8. The van der Waals surface area contributed by atoms with E-state index in [1.165, 1.54) is 5.56 Å². The molecule has 0 atom stereocenters.